The fourth-order valence-corrected chi connectivity index (χ4v) is 9.00. The van der Waals surface area contributed by atoms with Crippen molar-refractivity contribution >= 4 is 11.8 Å². The summed E-state index contributed by atoms with van der Waals surface area (Å²) in [6, 6.07) is 0. The van der Waals surface area contributed by atoms with Crippen LogP contribution in [0, 0.1) is 39.4 Å². The highest BCUT2D eigenvalue weighted by atomic mass is 16.5. The molecule has 1 N–H and O–H groups in total. The molecule has 7 unspecified atom stereocenters. The van der Waals surface area contributed by atoms with Gasteiger partial charge in [-0.2, -0.15) is 0 Å². The summed E-state index contributed by atoms with van der Waals surface area (Å²) in [5.74, 6) is 0.297. The highest BCUT2D eigenvalue weighted by Crippen LogP contribution is 2.70. The van der Waals surface area contributed by atoms with Gasteiger partial charge >= 0.3 is 5.97 Å². The van der Waals surface area contributed by atoms with Gasteiger partial charge in [-0.25, -0.2) is 4.79 Å². The van der Waals surface area contributed by atoms with Crippen LogP contribution in [0.4, 0.5) is 0 Å². The molecule has 7 atom stereocenters. The summed E-state index contributed by atoms with van der Waals surface area (Å²) in [6.07, 6.45) is 13.9. The molecule has 0 aromatic heterocycles. The first-order valence-corrected chi connectivity index (χ1v) is 13.6. The summed E-state index contributed by atoms with van der Waals surface area (Å²) in [6.45, 7) is 15.9. The predicted octanol–water partition coefficient (Wildman–Crippen LogP) is 7.15. The Kier molecular flexibility index (Phi) is 6.57. The van der Waals surface area contributed by atoms with Crippen molar-refractivity contribution in [1.29, 1.82) is 0 Å². The van der Waals surface area contributed by atoms with Crippen LogP contribution in [0.15, 0.2) is 34.9 Å². The first kappa shape index (κ1) is 26.4. The van der Waals surface area contributed by atoms with Gasteiger partial charge in [-0.15, -0.1) is 0 Å². The Bertz CT molecular complexity index is 999. The normalized spacial score (nSPS) is 41.1. The molecule has 194 valence electrons. The molecule has 0 radical (unpaired) electrons. The van der Waals surface area contributed by atoms with Crippen LogP contribution in [-0.2, 0) is 14.3 Å². The number of ether oxygens (including phenoxy) is 1. The highest BCUT2D eigenvalue weighted by Gasteiger charge is 2.62. The van der Waals surface area contributed by atoms with Crippen LogP contribution in [0.1, 0.15) is 93.4 Å². The molecule has 0 aliphatic heterocycles. The van der Waals surface area contributed by atoms with Crippen LogP contribution in [0.3, 0.4) is 0 Å². The van der Waals surface area contributed by atoms with E-state index in [1.165, 1.54) is 25.8 Å². The van der Waals surface area contributed by atoms with Crippen LogP contribution in [-0.4, -0.2) is 30.1 Å². The number of rotatable bonds is 6. The third-order valence-electron chi connectivity index (χ3n) is 11.6. The maximum Gasteiger partial charge on any atom is 0.331 e. The molecule has 2 fully saturated rings. The van der Waals surface area contributed by atoms with Crippen molar-refractivity contribution < 1.29 is 19.4 Å². The number of aliphatic carboxylic acids is 1. The van der Waals surface area contributed by atoms with E-state index in [1.54, 1.807) is 11.1 Å². The second kappa shape index (κ2) is 8.71. The molecule has 0 aromatic carbocycles. The van der Waals surface area contributed by atoms with Gasteiger partial charge < -0.3 is 9.84 Å². The number of ketones is 1. The Balaban J connectivity index is 1.61. The van der Waals surface area contributed by atoms with Gasteiger partial charge in [0.2, 0.25) is 0 Å². The molecular weight excluding hydrogens is 436 g/mol. The Morgan fingerprint density at radius 1 is 1.14 bits per heavy atom. The van der Waals surface area contributed by atoms with Gasteiger partial charge in [-0.3, -0.25) is 4.79 Å². The van der Waals surface area contributed by atoms with Crippen molar-refractivity contribution in [2.24, 2.45) is 39.4 Å². The topological polar surface area (TPSA) is 63.6 Å². The van der Waals surface area contributed by atoms with Crippen molar-refractivity contribution in [3.8, 4) is 0 Å². The van der Waals surface area contributed by atoms with E-state index in [2.05, 4.69) is 53.7 Å². The van der Waals surface area contributed by atoms with E-state index in [0.717, 1.165) is 25.7 Å². The van der Waals surface area contributed by atoms with Gasteiger partial charge in [0.15, 0.2) is 5.78 Å². The fraction of sp³-hybridized carbons (Fsp3) is 0.742. The van der Waals surface area contributed by atoms with Gasteiger partial charge in [-0.05, 0) is 102 Å². The van der Waals surface area contributed by atoms with E-state index in [9.17, 15) is 9.59 Å². The van der Waals surface area contributed by atoms with Gasteiger partial charge in [0.25, 0.3) is 0 Å². The van der Waals surface area contributed by atoms with E-state index in [1.807, 2.05) is 7.11 Å². The van der Waals surface area contributed by atoms with Crippen molar-refractivity contribution in [2.75, 3.05) is 7.11 Å². The molecule has 0 aromatic rings. The molecule has 0 saturated heterocycles. The van der Waals surface area contributed by atoms with E-state index >= 15 is 0 Å². The van der Waals surface area contributed by atoms with Crippen molar-refractivity contribution in [1.82, 2.24) is 0 Å². The lowest BCUT2D eigenvalue weighted by atomic mass is 9.43. The summed E-state index contributed by atoms with van der Waals surface area (Å²) in [5, 5.41) is 9.15. The summed E-state index contributed by atoms with van der Waals surface area (Å²) in [4.78, 5) is 23.9. The molecule has 4 nitrogen and oxygen atoms in total. The van der Waals surface area contributed by atoms with E-state index < -0.39 is 5.97 Å². The number of fused-ring (bicyclic) bond motifs is 5. The lowest BCUT2D eigenvalue weighted by Gasteiger charge is -2.62. The fourth-order valence-electron chi connectivity index (χ4n) is 9.00. The number of carbonyl (C=O) groups is 2. The number of carboxylic acids is 1. The first-order valence-electron chi connectivity index (χ1n) is 13.6. The lowest BCUT2D eigenvalue weighted by molar-refractivity contribution is -0.133. The van der Waals surface area contributed by atoms with Gasteiger partial charge in [0.05, 0.1) is 6.10 Å². The monoisotopic (exact) mass is 482 g/mol. The SMILES string of the molecule is COC1CCC2(C)C3CCC4(C)C(=CCC4(C)C(C)CC(=O)C=C(C)C(=O)O)C3=CCC2C1(C)C. The van der Waals surface area contributed by atoms with Gasteiger partial charge in [0.1, 0.15) is 0 Å². The Hall–Kier alpha value is -1.68. The average Bonchev–Trinajstić information content (AvgIpc) is 3.05. The van der Waals surface area contributed by atoms with Crippen LogP contribution in [0.5, 0.6) is 0 Å². The predicted molar refractivity (Wildman–Crippen MR) is 140 cm³/mol. The Morgan fingerprint density at radius 2 is 1.83 bits per heavy atom. The molecule has 0 bridgehead atoms. The molecule has 4 aliphatic carbocycles. The molecule has 0 heterocycles. The minimum atomic E-state index is -1.02. The molecule has 0 amide bonds. The zero-order valence-electron chi connectivity index (χ0n) is 23.2. The standard InChI is InChI=1S/C31H46O4/c1-19(27(33)34)17-21(32)18-20(2)30(6)15-12-24-22-9-10-25-28(3,4)26(35-8)13-14-29(25,5)23(22)11-16-31(24,30)7/h9,12,17,20,23,25-26H,10-11,13-16,18H2,1-8H3,(H,33,34). The van der Waals surface area contributed by atoms with E-state index in [4.69, 9.17) is 9.84 Å². The third kappa shape index (κ3) is 3.81. The minimum absolute atomic E-state index is 0.0144. The number of hydrogen-bond acceptors (Lipinski definition) is 3. The van der Waals surface area contributed by atoms with Gasteiger partial charge in [0, 0.05) is 19.1 Å². The van der Waals surface area contributed by atoms with Crippen LogP contribution in [0.2, 0.25) is 0 Å². The lowest BCUT2D eigenvalue weighted by Crippen LogP contribution is -2.56. The van der Waals surface area contributed by atoms with Crippen molar-refractivity contribution in [2.45, 2.75) is 99.5 Å². The minimum Gasteiger partial charge on any atom is -0.478 e. The van der Waals surface area contributed by atoms with Crippen LogP contribution >= 0.6 is 0 Å². The zero-order valence-corrected chi connectivity index (χ0v) is 23.2. The molecule has 0 spiro atoms. The summed E-state index contributed by atoms with van der Waals surface area (Å²) >= 11 is 0. The summed E-state index contributed by atoms with van der Waals surface area (Å²) < 4.78 is 5.95. The molecular formula is C31H46O4. The molecule has 4 aliphatic rings. The third-order valence-corrected chi connectivity index (χ3v) is 11.6. The average molecular weight is 483 g/mol. The molecule has 35 heavy (non-hydrogen) atoms. The number of carbonyl (C=O) groups excluding carboxylic acids is 1. The molecule has 4 rings (SSSR count). The van der Waals surface area contributed by atoms with Crippen LogP contribution in [0.25, 0.3) is 0 Å². The maximum absolute atomic E-state index is 12.7. The van der Waals surface area contributed by atoms with Crippen LogP contribution < -0.4 is 0 Å². The number of carboxylic acid groups (broad SMARTS) is 1. The molecule has 4 heteroatoms. The number of methoxy groups -OCH3 is 1. The quantitative estimate of drug-likeness (QED) is 0.408. The Morgan fingerprint density at radius 3 is 2.46 bits per heavy atom. The number of allylic oxidation sites excluding steroid dienone is 5. The number of hydrogen-bond donors (Lipinski definition) is 1. The van der Waals surface area contributed by atoms with Crippen molar-refractivity contribution in [3.63, 3.8) is 0 Å². The van der Waals surface area contributed by atoms with Gasteiger partial charge in [-0.1, -0.05) is 53.7 Å². The zero-order chi connectivity index (χ0) is 26.0. The summed E-state index contributed by atoms with van der Waals surface area (Å²) in [7, 11) is 1.88. The highest BCUT2D eigenvalue weighted by molar-refractivity contribution is 5.98. The van der Waals surface area contributed by atoms with Crippen molar-refractivity contribution in [3.05, 3.63) is 34.9 Å². The second-order valence-corrected chi connectivity index (χ2v) is 13.4. The Labute approximate surface area is 212 Å². The largest absolute Gasteiger partial charge is 0.478 e. The smallest absolute Gasteiger partial charge is 0.331 e. The molecule has 2 saturated carbocycles. The first-order chi connectivity index (χ1) is 16.2. The summed E-state index contributed by atoms with van der Waals surface area (Å²) in [5.41, 5.74) is 3.74. The second-order valence-electron chi connectivity index (χ2n) is 13.4. The van der Waals surface area contributed by atoms with E-state index in [-0.39, 0.29) is 33.5 Å². The van der Waals surface area contributed by atoms with E-state index in [0.29, 0.717) is 29.8 Å². The maximum atomic E-state index is 12.7.